The number of alkyl carbamates (subject to hydrolysis) is 1. The second-order valence-electron chi connectivity index (χ2n) is 7.64. The van der Waals surface area contributed by atoms with Crippen molar-refractivity contribution in [3.05, 3.63) is 47.0 Å². The second-order valence-corrected chi connectivity index (χ2v) is 7.64. The molecule has 0 aromatic heterocycles. The lowest BCUT2D eigenvalue weighted by Gasteiger charge is -2.22. The third-order valence-corrected chi connectivity index (χ3v) is 4.02. The van der Waals surface area contributed by atoms with E-state index in [0.717, 1.165) is 30.4 Å². The van der Waals surface area contributed by atoms with E-state index >= 15 is 0 Å². The molecule has 0 bridgehead atoms. The van der Waals surface area contributed by atoms with Gasteiger partial charge in [-0.25, -0.2) is 14.4 Å². The SMILES string of the molecule is CC(C)(C)OC(=O)NC(Cc1ccccc1)C(=O)O.CC1=C(C(=O)O)CCC1. The fraction of sp³-hybridized carbons (Fsp3) is 0.476. The van der Waals surface area contributed by atoms with Crippen molar-refractivity contribution >= 4 is 18.0 Å². The summed E-state index contributed by atoms with van der Waals surface area (Å²) in [5, 5.41) is 20.0. The lowest BCUT2D eigenvalue weighted by molar-refractivity contribution is -0.139. The third kappa shape index (κ3) is 8.70. The topological polar surface area (TPSA) is 113 Å². The zero-order chi connectivity index (χ0) is 21.3. The van der Waals surface area contributed by atoms with Crippen molar-refractivity contribution in [1.29, 1.82) is 0 Å². The summed E-state index contributed by atoms with van der Waals surface area (Å²) in [7, 11) is 0. The van der Waals surface area contributed by atoms with Gasteiger partial charge in [-0.05, 0) is 52.5 Å². The summed E-state index contributed by atoms with van der Waals surface area (Å²) < 4.78 is 5.04. The Balaban J connectivity index is 0.000000362. The predicted octanol–water partition coefficient (Wildman–Crippen LogP) is 3.78. The highest BCUT2D eigenvalue weighted by atomic mass is 16.6. The molecule has 1 atom stereocenters. The highest BCUT2D eigenvalue weighted by Crippen LogP contribution is 2.24. The number of ether oxygens (including phenoxy) is 1. The normalized spacial score (nSPS) is 14.6. The summed E-state index contributed by atoms with van der Waals surface area (Å²) in [5.41, 5.74) is 1.88. The van der Waals surface area contributed by atoms with E-state index in [1.165, 1.54) is 0 Å². The molecule has 1 unspecified atom stereocenters. The van der Waals surface area contributed by atoms with Gasteiger partial charge in [-0.1, -0.05) is 35.9 Å². The molecule has 154 valence electrons. The zero-order valence-corrected chi connectivity index (χ0v) is 16.8. The van der Waals surface area contributed by atoms with E-state index in [4.69, 9.17) is 14.9 Å². The van der Waals surface area contributed by atoms with Gasteiger partial charge in [0.1, 0.15) is 11.6 Å². The maximum Gasteiger partial charge on any atom is 0.408 e. The minimum atomic E-state index is -1.09. The molecule has 3 N–H and O–H groups in total. The first kappa shape index (κ1) is 23.2. The summed E-state index contributed by atoms with van der Waals surface area (Å²) >= 11 is 0. The van der Waals surface area contributed by atoms with E-state index in [9.17, 15) is 14.4 Å². The number of hydrogen-bond donors (Lipinski definition) is 3. The van der Waals surface area contributed by atoms with E-state index < -0.39 is 29.7 Å². The van der Waals surface area contributed by atoms with Gasteiger partial charge in [0, 0.05) is 12.0 Å². The Morgan fingerprint density at radius 1 is 1.11 bits per heavy atom. The number of hydrogen-bond acceptors (Lipinski definition) is 4. The molecule has 1 amide bonds. The van der Waals surface area contributed by atoms with E-state index in [0.29, 0.717) is 5.57 Å². The molecule has 7 nitrogen and oxygen atoms in total. The number of carboxylic acids is 2. The van der Waals surface area contributed by atoms with Crippen LogP contribution in [-0.4, -0.2) is 39.9 Å². The van der Waals surface area contributed by atoms with Crippen molar-refractivity contribution in [2.24, 2.45) is 0 Å². The smallest absolute Gasteiger partial charge is 0.408 e. The van der Waals surface area contributed by atoms with Gasteiger partial charge >= 0.3 is 18.0 Å². The van der Waals surface area contributed by atoms with Crippen molar-refractivity contribution in [2.45, 2.75) is 65.0 Å². The molecule has 2 rings (SSSR count). The van der Waals surface area contributed by atoms with Gasteiger partial charge in [-0.15, -0.1) is 0 Å². The highest BCUT2D eigenvalue weighted by Gasteiger charge is 2.24. The Morgan fingerprint density at radius 3 is 2.11 bits per heavy atom. The van der Waals surface area contributed by atoms with Crippen LogP contribution in [0.25, 0.3) is 0 Å². The Kier molecular flexibility index (Phi) is 8.70. The van der Waals surface area contributed by atoms with Crippen LogP contribution in [0.2, 0.25) is 0 Å². The maximum absolute atomic E-state index is 11.6. The zero-order valence-electron chi connectivity index (χ0n) is 16.8. The highest BCUT2D eigenvalue weighted by molar-refractivity contribution is 5.88. The minimum absolute atomic E-state index is 0.218. The molecular formula is C21H29NO6. The molecule has 0 heterocycles. The summed E-state index contributed by atoms with van der Waals surface area (Å²) in [4.78, 5) is 33.1. The van der Waals surface area contributed by atoms with Crippen LogP contribution in [0, 0.1) is 0 Å². The van der Waals surface area contributed by atoms with E-state index in [-0.39, 0.29) is 6.42 Å². The molecule has 0 aliphatic heterocycles. The minimum Gasteiger partial charge on any atom is -0.480 e. The molecule has 7 heteroatoms. The number of carbonyl (C=O) groups is 3. The molecule has 1 aromatic carbocycles. The molecule has 0 saturated heterocycles. The van der Waals surface area contributed by atoms with Gasteiger partial charge in [-0.2, -0.15) is 0 Å². The van der Waals surface area contributed by atoms with Crippen LogP contribution in [0.3, 0.4) is 0 Å². The molecule has 0 radical (unpaired) electrons. The third-order valence-electron chi connectivity index (χ3n) is 4.02. The van der Waals surface area contributed by atoms with Crippen molar-refractivity contribution < 1.29 is 29.3 Å². The number of nitrogens with one attached hydrogen (secondary N) is 1. The quantitative estimate of drug-likeness (QED) is 0.704. The molecule has 0 saturated carbocycles. The number of allylic oxidation sites excluding steroid dienone is 1. The maximum atomic E-state index is 11.6. The van der Waals surface area contributed by atoms with E-state index in [1.807, 2.05) is 37.3 Å². The van der Waals surface area contributed by atoms with Gasteiger partial charge in [0.05, 0.1) is 0 Å². The lowest BCUT2D eigenvalue weighted by Crippen LogP contribution is -2.44. The molecule has 0 spiro atoms. The van der Waals surface area contributed by atoms with Gasteiger partial charge in [-0.3, -0.25) is 0 Å². The fourth-order valence-electron chi connectivity index (χ4n) is 2.68. The predicted molar refractivity (Wildman–Crippen MR) is 105 cm³/mol. The Morgan fingerprint density at radius 2 is 1.71 bits per heavy atom. The first-order valence-electron chi connectivity index (χ1n) is 9.17. The summed E-state index contributed by atoms with van der Waals surface area (Å²) in [5.74, 6) is -1.82. The van der Waals surface area contributed by atoms with Crippen LogP contribution < -0.4 is 5.32 Å². The average molecular weight is 391 g/mol. The molecular weight excluding hydrogens is 362 g/mol. The fourth-order valence-corrected chi connectivity index (χ4v) is 2.68. The van der Waals surface area contributed by atoms with Crippen molar-refractivity contribution in [3.8, 4) is 0 Å². The van der Waals surface area contributed by atoms with Gasteiger partial charge in [0.15, 0.2) is 0 Å². The van der Waals surface area contributed by atoms with Crippen LogP contribution in [-0.2, 0) is 20.7 Å². The first-order valence-corrected chi connectivity index (χ1v) is 9.17. The number of carboxylic acid groups (broad SMARTS) is 2. The molecule has 1 aliphatic rings. The van der Waals surface area contributed by atoms with Crippen LogP contribution >= 0.6 is 0 Å². The van der Waals surface area contributed by atoms with Crippen molar-refractivity contribution in [2.75, 3.05) is 0 Å². The standard InChI is InChI=1S/C14H19NO4.C7H10O2/c1-14(2,3)19-13(18)15-11(12(16)17)9-10-7-5-4-6-8-10;1-5-3-2-4-6(5)7(8)9/h4-8,11H,9H2,1-3H3,(H,15,18)(H,16,17);2-4H2,1H3,(H,8,9). The Labute approximate surface area is 165 Å². The van der Waals surface area contributed by atoms with Gasteiger partial charge in [0.2, 0.25) is 0 Å². The Bertz CT molecular complexity index is 718. The molecule has 1 aliphatic carbocycles. The largest absolute Gasteiger partial charge is 0.480 e. The number of carbonyl (C=O) groups excluding carboxylic acids is 1. The number of rotatable bonds is 5. The first-order chi connectivity index (χ1) is 13.0. The summed E-state index contributed by atoms with van der Waals surface area (Å²) in [6.45, 7) is 7.06. The Hall–Kier alpha value is -2.83. The number of benzene rings is 1. The van der Waals surface area contributed by atoms with Gasteiger partial charge in [0.25, 0.3) is 0 Å². The lowest BCUT2D eigenvalue weighted by atomic mass is 10.1. The average Bonchev–Trinajstić information content (AvgIpc) is 3.00. The van der Waals surface area contributed by atoms with Crippen molar-refractivity contribution in [1.82, 2.24) is 5.32 Å². The van der Waals surface area contributed by atoms with Crippen LogP contribution in [0.5, 0.6) is 0 Å². The van der Waals surface area contributed by atoms with E-state index in [2.05, 4.69) is 5.32 Å². The summed E-state index contributed by atoms with van der Waals surface area (Å²) in [6, 6.07) is 8.11. The van der Waals surface area contributed by atoms with Gasteiger partial charge < -0.3 is 20.3 Å². The monoisotopic (exact) mass is 391 g/mol. The summed E-state index contributed by atoms with van der Waals surface area (Å²) in [6.07, 6.45) is 2.25. The second kappa shape index (κ2) is 10.5. The van der Waals surface area contributed by atoms with E-state index in [1.54, 1.807) is 20.8 Å². The van der Waals surface area contributed by atoms with Crippen LogP contribution in [0.1, 0.15) is 52.5 Å². The molecule has 0 fully saturated rings. The number of amides is 1. The van der Waals surface area contributed by atoms with Crippen LogP contribution in [0.15, 0.2) is 41.5 Å². The number of aliphatic carboxylic acids is 2. The van der Waals surface area contributed by atoms with Crippen LogP contribution in [0.4, 0.5) is 4.79 Å². The van der Waals surface area contributed by atoms with Crippen molar-refractivity contribution in [3.63, 3.8) is 0 Å². The molecule has 1 aromatic rings. The molecule has 28 heavy (non-hydrogen) atoms.